The van der Waals surface area contributed by atoms with Crippen LogP contribution < -0.4 is 10.6 Å². The van der Waals surface area contributed by atoms with Gasteiger partial charge in [0.1, 0.15) is 5.82 Å². The molecule has 1 saturated heterocycles. The lowest BCUT2D eigenvalue weighted by atomic mass is 10.0. The summed E-state index contributed by atoms with van der Waals surface area (Å²) >= 11 is 6.28. The molecule has 21 heavy (non-hydrogen) atoms. The van der Waals surface area contributed by atoms with Crippen molar-refractivity contribution in [2.24, 2.45) is 0 Å². The first-order valence-corrected chi connectivity index (χ1v) is 7.61. The summed E-state index contributed by atoms with van der Waals surface area (Å²) < 4.78 is 2.14. The number of aryl methyl sites for hydroxylation is 2. The van der Waals surface area contributed by atoms with E-state index in [0.717, 1.165) is 37.3 Å². The quantitative estimate of drug-likeness (QED) is 0.926. The third-order valence-electron chi connectivity index (χ3n) is 3.98. The largest absolute Gasteiger partial charge is 0.384 e. The molecule has 3 rings (SSSR count). The minimum Gasteiger partial charge on any atom is -0.384 e. The molecule has 0 amide bonds. The third-order valence-corrected chi connectivity index (χ3v) is 4.28. The standard InChI is InChI=1S/C15H20ClN5/c1-10-6-11(2)21(19-10)12-4-3-5-20(9-12)14-7-15(17)18-8-13(14)16/h6-8,12H,3-5,9H2,1-2H3,(H2,17,18). The Bertz CT molecular complexity index is 652. The van der Waals surface area contributed by atoms with Gasteiger partial charge in [-0.3, -0.25) is 4.68 Å². The number of nitrogens with zero attached hydrogens (tertiary/aromatic N) is 4. The predicted molar refractivity (Wildman–Crippen MR) is 85.8 cm³/mol. The van der Waals surface area contributed by atoms with Gasteiger partial charge >= 0.3 is 0 Å². The number of hydrogen-bond donors (Lipinski definition) is 1. The van der Waals surface area contributed by atoms with Gasteiger partial charge in [-0.2, -0.15) is 5.10 Å². The maximum Gasteiger partial charge on any atom is 0.125 e. The highest BCUT2D eigenvalue weighted by Crippen LogP contribution is 2.32. The molecule has 1 aliphatic rings. The molecular weight excluding hydrogens is 286 g/mol. The SMILES string of the molecule is Cc1cc(C)n(C2CCCN(c3cc(N)ncc3Cl)C2)n1. The number of hydrogen-bond acceptors (Lipinski definition) is 4. The molecular formula is C15H20ClN5. The number of halogens is 1. The summed E-state index contributed by atoms with van der Waals surface area (Å²) in [7, 11) is 0. The summed E-state index contributed by atoms with van der Waals surface area (Å²) in [5, 5.41) is 5.27. The van der Waals surface area contributed by atoms with Gasteiger partial charge in [-0.05, 0) is 32.8 Å². The van der Waals surface area contributed by atoms with Crippen molar-refractivity contribution in [1.29, 1.82) is 0 Å². The van der Waals surface area contributed by atoms with Gasteiger partial charge in [-0.1, -0.05) is 11.6 Å². The van der Waals surface area contributed by atoms with Crippen molar-refractivity contribution in [2.75, 3.05) is 23.7 Å². The Hall–Kier alpha value is -1.75. The molecule has 2 aromatic rings. The Morgan fingerprint density at radius 1 is 1.33 bits per heavy atom. The van der Waals surface area contributed by atoms with Crippen LogP contribution in [0.5, 0.6) is 0 Å². The van der Waals surface area contributed by atoms with E-state index in [0.29, 0.717) is 16.9 Å². The fourth-order valence-electron chi connectivity index (χ4n) is 3.07. The van der Waals surface area contributed by atoms with Gasteiger partial charge in [0.05, 0.1) is 22.4 Å². The number of aromatic nitrogens is 3. The molecule has 0 bridgehead atoms. The van der Waals surface area contributed by atoms with Crippen LogP contribution in [0.15, 0.2) is 18.3 Å². The van der Waals surface area contributed by atoms with Crippen LogP contribution in [-0.4, -0.2) is 27.9 Å². The molecule has 6 heteroatoms. The molecule has 2 N–H and O–H groups in total. The van der Waals surface area contributed by atoms with Crippen molar-refractivity contribution in [3.63, 3.8) is 0 Å². The number of rotatable bonds is 2. The van der Waals surface area contributed by atoms with Crippen LogP contribution in [0, 0.1) is 13.8 Å². The number of nitrogen functional groups attached to an aromatic ring is 1. The van der Waals surface area contributed by atoms with Crippen molar-refractivity contribution in [3.05, 3.63) is 34.7 Å². The van der Waals surface area contributed by atoms with E-state index in [1.807, 2.05) is 13.0 Å². The zero-order valence-corrected chi connectivity index (χ0v) is 13.1. The average Bonchev–Trinajstić information content (AvgIpc) is 2.80. The number of pyridine rings is 1. The van der Waals surface area contributed by atoms with Gasteiger partial charge in [-0.15, -0.1) is 0 Å². The Morgan fingerprint density at radius 3 is 2.86 bits per heavy atom. The van der Waals surface area contributed by atoms with E-state index in [9.17, 15) is 0 Å². The molecule has 1 aliphatic heterocycles. The van der Waals surface area contributed by atoms with Gasteiger partial charge < -0.3 is 10.6 Å². The van der Waals surface area contributed by atoms with E-state index in [-0.39, 0.29) is 0 Å². The summed E-state index contributed by atoms with van der Waals surface area (Å²) in [6.45, 7) is 6.02. The summed E-state index contributed by atoms with van der Waals surface area (Å²) in [4.78, 5) is 6.31. The molecule has 0 spiro atoms. The number of piperidine rings is 1. The second kappa shape index (κ2) is 5.56. The van der Waals surface area contributed by atoms with Crippen molar-refractivity contribution >= 4 is 23.1 Å². The maximum absolute atomic E-state index is 6.28. The molecule has 2 aromatic heterocycles. The second-order valence-electron chi connectivity index (χ2n) is 5.67. The van der Waals surface area contributed by atoms with Crippen molar-refractivity contribution in [3.8, 4) is 0 Å². The highest BCUT2D eigenvalue weighted by atomic mass is 35.5. The summed E-state index contributed by atoms with van der Waals surface area (Å²) in [5.74, 6) is 0.502. The Labute approximate surface area is 129 Å². The Morgan fingerprint density at radius 2 is 2.14 bits per heavy atom. The van der Waals surface area contributed by atoms with Gasteiger partial charge in [0.25, 0.3) is 0 Å². The first-order chi connectivity index (χ1) is 10.0. The molecule has 3 heterocycles. The van der Waals surface area contributed by atoms with Gasteiger partial charge in [-0.25, -0.2) is 4.98 Å². The first kappa shape index (κ1) is 14.2. The van der Waals surface area contributed by atoms with Crippen LogP contribution in [0.25, 0.3) is 0 Å². The van der Waals surface area contributed by atoms with Crippen LogP contribution in [0.4, 0.5) is 11.5 Å². The Kier molecular flexibility index (Phi) is 3.76. The smallest absolute Gasteiger partial charge is 0.125 e. The topological polar surface area (TPSA) is 60.0 Å². The predicted octanol–water partition coefficient (Wildman–Crippen LogP) is 2.97. The maximum atomic E-state index is 6.28. The van der Waals surface area contributed by atoms with E-state index < -0.39 is 0 Å². The van der Waals surface area contributed by atoms with Crippen LogP contribution in [0.3, 0.4) is 0 Å². The van der Waals surface area contributed by atoms with E-state index in [1.165, 1.54) is 5.69 Å². The minimum atomic E-state index is 0.373. The lowest BCUT2D eigenvalue weighted by Crippen LogP contribution is -2.37. The van der Waals surface area contributed by atoms with Crippen molar-refractivity contribution in [1.82, 2.24) is 14.8 Å². The molecule has 0 radical (unpaired) electrons. The van der Waals surface area contributed by atoms with Gasteiger partial charge in [0.15, 0.2) is 0 Å². The average molecular weight is 306 g/mol. The summed E-state index contributed by atoms with van der Waals surface area (Å²) in [6.07, 6.45) is 3.87. The molecule has 1 unspecified atom stereocenters. The highest BCUT2D eigenvalue weighted by Gasteiger charge is 2.24. The van der Waals surface area contributed by atoms with Crippen LogP contribution >= 0.6 is 11.6 Å². The van der Waals surface area contributed by atoms with Crippen molar-refractivity contribution < 1.29 is 0 Å². The fraction of sp³-hybridized carbons (Fsp3) is 0.467. The Balaban J connectivity index is 1.86. The van der Waals surface area contributed by atoms with Crippen LogP contribution in [0.1, 0.15) is 30.3 Å². The number of nitrogens with two attached hydrogens (primary N) is 1. The molecule has 1 fully saturated rings. The van der Waals surface area contributed by atoms with E-state index in [1.54, 1.807) is 6.20 Å². The lowest BCUT2D eigenvalue weighted by Gasteiger charge is -2.35. The second-order valence-corrected chi connectivity index (χ2v) is 6.08. The van der Waals surface area contributed by atoms with Crippen LogP contribution in [-0.2, 0) is 0 Å². The molecule has 1 atom stereocenters. The lowest BCUT2D eigenvalue weighted by molar-refractivity contribution is 0.369. The summed E-state index contributed by atoms with van der Waals surface area (Å²) in [5.41, 5.74) is 9.03. The highest BCUT2D eigenvalue weighted by molar-refractivity contribution is 6.33. The van der Waals surface area contributed by atoms with E-state index in [2.05, 4.69) is 32.7 Å². The fourth-order valence-corrected chi connectivity index (χ4v) is 3.30. The summed E-state index contributed by atoms with van der Waals surface area (Å²) in [6, 6.07) is 4.35. The van der Waals surface area contributed by atoms with E-state index >= 15 is 0 Å². The zero-order chi connectivity index (χ0) is 15.0. The molecule has 0 saturated carbocycles. The monoisotopic (exact) mass is 305 g/mol. The first-order valence-electron chi connectivity index (χ1n) is 7.23. The normalized spacial score (nSPS) is 19.0. The molecule has 112 valence electrons. The van der Waals surface area contributed by atoms with Gasteiger partial charge in [0.2, 0.25) is 0 Å². The van der Waals surface area contributed by atoms with E-state index in [4.69, 9.17) is 17.3 Å². The van der Waals surface area contributed by atoms with Crippen LogP contribution in [0.2, 0.25) is 5.02 Å². The zero-order valence-electron chi connectivity index (χ0n) is 12.4. The molecule has 0 aromatic carbocycles. The number of anilines is 2. The van der Waals surface area contributed by atoms with Gasteiger partial charge in [0, 0.05) is 31.0 Å². The molecule has 5 nitrogen and oxygen atoms in total. The molecule has 0 aliphatic carbocycles. The van der Waals surface area contributed by atoms with Crippen molar-refractivity contribution in [2.45, 2.75) is 32.7 Å². The third kappa shape index (κ3) is 2.83. The minimum absolute atomic E-state index is 0.373.